The number of ether oxygens (including phenoxy) is 1. The van der Waals surface area contributed by atoms with Gasteiger partial charge in [-0.25, -0.2) is 4.79 Å². The summed E-state index contributed by atoms with van der Waals surface area (Å²) in [6.07, 6.45) is 0.279. The summed E-state index contributed by atoms with van der Waals surface area (Å²) in [6, 6.07) is 6.61. The number of hydrogen-bond acceptors (Lipinski definition) is 4. The number of alkyl carbamates (subject to hydrolysis) is 1. The fraction of sp³-hybridized carbons (Fsp3) is 0.471. The maximum Gasteiger partial charge on any atom is 0.407 e. The Hall–Kier alpha value is -2.57. The van der Waals surface area contributed by atoms with Crippen LogP contribution >= 0.6 is 0 Å². The van der Waals surface area contributed by atoms with Crippen molar-refractivity contribution in [3.8, 4) is 0 Å². The molecule has 0 heterocycles. The first kappa shape index (κ1) is 19.5. The molecule has 0 fully saturated rings. The van der Waals surface area contributed by atoms with E-state index in [1.165, 1.54) is 0 Å². The Kier molecular flexibility index (Phi) is 7.23. The fourth-order valence-corrected chi connectivity index (χ4v) is 1.83. The largest absolute Gasteiger partial charge is 0.444 e. The summed E-state index contributed by atoms with van der Waals surface area (Å²) in [4.78, 5) is 34.7. The molecule has 0 spiro atoms. The SMILES string of the molecule is CNC(=O)c1ccc(NC(=O)CCCNC(=O)OC(C)(C)C)cc1. The first-order valence-corrected chi connectivity index (χ1v) is 7.80. The molecule has 0 aliphatic carbocycles. The molecule has 7 heteroatoms. The van der Waals surface area contributed by atoms with Gasteiger partial charge in [0.25, 0.3) is 5.91 Å². The highest BCUT2D eigenvalue weighted by Gasteiger charge is 2.15. The number of carbonyl (C=O) groups excluding carboxylic acids is 3. The van der Waals surface area contributed by atoms with E-state index in [2.05, 4.69) is 16.0 Å². The van der Waals surface area contributed by atoms with Crippen LogP contribution in [0.15, 0.2) is 24.3 Å². The van der Waals surface area contributed by atoms with Crippen LogP contribution in [0.1, 0.15) is 44.0 Å². The Balaban J connectivity index is 2.29. The number of benzene rings is 1. The van der Waals surface area contributed by atoms with Gasteiger partial charge in [0.15, 0.2) is 0 Å². The second-order valence-electron chi connectivity index (χ2n) is 6.24. The summed E-state index contributed by atoms with van der Waals surface area (Å²) < 4.78 is 5.10. The van der Waals surface area contributed by atoms with Crippen LogP contribution < -0.4 is 16.0 Å². The summed E-state index contributed by atoms with van der Waals surface area (Å²) in [5.74, 6) is -0.338. The van der Waals surface area contributed by atoms with Gasteiger partial charge in [0.2, 0.25) is 5.91 Å². The summed E-state index contributed by atoms with van der Waals surface area (Å²) in [7, 11) is 1.56. The molecule has 3 amide bonds. The average molecular weight is 335 g/mol. The lowest BCUT2D eigenvalue weighted by molar-refractivity contribution is -0.116. The molecule has 0 aliphatic heterocycles. The van der Waals surface area contributed by atoms with Gasteiger partial charge in [-0.05, 0) is 51.5 Å². The maximum atomic E-state index is 11.8. The van der Waals surface area contributed by atoms with Crippen molar-refractivity contribution in [3.05, 3.63) is 29.8 Å². The van der Waals surface area contributed by atoms with Gasteiger partial charge in [0.1, 0.15) is 5.60 Å². The first-order valence-electron chi connectivity index (χ1n) is 7.80. The number of nitrogens with one attached hydrogen (secondary N) is 3. The molecule has 3 N–H and O–H groups in total. The molecular formula is C17H25N3O4. The van der Waals surface area contributed by atoms with Crippen molar-refractivity contribution in [1.82, 2.24) is 10.6 Å². The van der Waals surface area contributed by atoms with Gasteiger partial charge >= 0.3 is 6.09 Å². The monoisotopic (exact) mass is 335 g/mol. The third-order valence-electron chi connectivity index (χ3n) is 2.91. The van der Waals surface area contributed by atoms with Gasteiger partial charge in [-0.2, -0.15) is 0 Å². The predicted octanol–water partition coefficient (Wildman–Crippen LogP) is 2.29. The molecule has 0 aromatic heterocycles. The molecule has 132 valence electrons. The van der Waals surface area contributed by atoms with E-state index < -0.39 is 11.7 Å². The van der Waals surface area contributed by atoms with Crippen LogP contribution in [0.5, 0.6) is 0 Å². The topological polar surface area (TPSA) is 96.5 Å². The van der Waals surface area contributed by atoms with Gasteiger partial charge < -0.3 is 20.7 Å². The Bertz CT molecular complexity index is 576. The van der Waals surface area contributed by atoms with Crippen LogP contribution in [0.2, 0.25) is 0 Å². The molecule has 0 unspecified atom stereocenters. The minimum absolute atomic E-state index is 0.159. The van der Waals surface area contributed by atoms with E-state index in [4.69, 9.17) is 4.74 Å². The minimum atomic E-state index is -0.539. The van der Waals surface area contributed by atoms with Crippen molar-refractivity contribution in [3.63, 3.8) is 0 Å². The van der Waals surface area contributed by atoms with E-state index in [1.54, 1.807) is 52.1 Å². The van der Waals surface area contributed by atoms with Crippen LogP contribution in [0, 0.1) is 0 Å². The summed E-state index contributed by atoms with van der Waals surface area (Å²) in [5.41, 5.74) is 0.604. The zero-order valence-electron chi connectivity index (χ0n) is 14.6. The molecule has 0 aliphatic rings. The van der Waals surface area contributed by atoms with E-state index in [0.717, 1.165) is 0 Å². The predicted molar refractivity (Wildman–Crippen MR) is 91.9 cm³/mol. The molecule has 0 saturated heterocycles. The van der Waals surface area contributed by atoms with Crippen molar-refractivity contribution >= 4 is 23.6 Å². The molecule has 1 aromatic carbocycles. The fourth-order valence-electron chi connectivity index (χ4n) is 1.83. The lowest BCUT2D eigenvalue weighted by atomic mass is 10.2. The molecule has 7 nitrogen and oxygen atoms in total. The Morgan fingerprint density at radius 1 is 1.08 bits per heavy atom. The summed E-state index contributed by atoms with van der Waals surface area (Å²) >= 11 is 0. The van der Waals surface area contributed by atoms with E-state index in [9.17, 15) is 14.4 Å². The van der Waals surface area contributed by atoms with Crippen molar-refractivity contribution in [2.75, 3.05) is 18.9 Å². The lowest BCUT2D eigenvalue weighted by Crippen LogP contribution is -2.33. The van der Waals surface area contributed by atoms with Gasteiger partial charge in [0.05, 0.1) is 0 Å². The Morgan fingerprint density at radius 2 is 1.71 bits per heavy atom. The summed E-state index contributed by atoms with van der Waals surface area (Å²) in [6.45, 7) is 5.72. The highest BCUT2D eigenvalue weighted by molar-refractivity contribution is 5.95. The third kappa shape index (κ3) is 7.62. The van der Waals surface area contributed by atoms with Crippen LogP contribution in [0.4, 0.5) is 10.5 Å². The number of anilines is 1. The molecule has 1 aromatic rings. The average Bonchev–Trinajstić information content (AvgIpc) is 2.50. The Morgan fingerprint density at radius 3 is 2.25 bits per heavy atom. The number of amides is 3. The molecular weight excluding hydrogens is 310 g/mol. The number of hydrogen-bond donors (Lipinski definition) is 3. The van der Waals surface area contributed by atoms with Crippen LogP contribution in [0.3, 0.4) is 0 Å². The van der Waals surface area contributed by atoms with Gasteiger partial charge in [-0.15, -0.1) is 0 Å². The maximum absolute atomic E-state index is 11.8. The lowest BCUT2D eigenvalue weighted by Gasteiger charge is -2.19. The minimum Gasteiger partial charge on any atom is -0.444 e. The van der Waals surface area contributed by atoms with E-state index in [-0.39, 0.29) is 18.2 Å². The Labute approximate surface area is 142 Å². The van der Waals surface area contributed by atoms with E-state index in [0.29, 0.717) is 24.2 Å². The quantitative estimate of drug-likeness (QED) is 0.695. The molecule has 24 heavy (non-hydrogen) atoms. The van der Waals surface area contributed by atoms with Gasteiger partial charge in [-0.1, -0.05) is 0 Å². The highest BCUT2D eigenvalue weighted by Crippen LogP contribution is 2.10. The van der Waals surface area contributed by atoms with Crippen LogP contribution in [-0.2, 0) is 9.53 Å². The zero-order valence-corrected chi connectivity index (χ0v) is 14.6. The number of rotatable bonds is 6. The third-order valence-corrected chi connectivity index (χ3v) is 2.91. The van der Waals surface area contributed by atoms with Crippen molar-refractivity contribution in [2.45, 2.75) is 39.2 Å². The second kappa shape index (κ2) is 8.90. The van der Waals surface area contributed by atoms with Crippen LogP contribution in [0.25, 0.3) is 0 Å². The van der Waals surface area contributed by atoms with E-state index >= 15 is 0 Å². The summed E-state index contributed by atoms with van der Waals surface area (Å²) in [5, 5.41) is 7.86. The zero-order chi connectivity index (χ0) is 18.2. The second-order valence-corrected chi connectivity index (χ2v) is 6.24. The molecule has 0 radical (unpaired) electrons. The molecule has 1 rings (SSSR count). The molecule has 0 atom stereocenters. The normalized spacial score (nSPS) is 10.7. The smallest absolute Gasteiger partial charge is 0.407 e. The molecule has 0 saturated carbocycles. The highest BCUT2D eigenvalue weighted by atomic mass is 16.6. The molecule has 0 bridgehead atoms. The van der Waals surface area contributed by atoms with Gasteiger partial charge in [-0.3, -0.25) is 9.59 Å². The number of carbonyl (C=O) groups is 3. The first-order chi connectivity index (χ1) is 11.2. The van der Waals surface area contributed by atoms with Crippen molar-refractivity contribution < 1.29 is 19.1 Å². The van der Waals surface area contributed by atoms with Crippen molar-refractivity contribution in [1.29, 1.82) is 0 Å². The van der Waals surface area contributed by atoms with E-state index in [1.807, 2.05) is 0 Å². The van der Waals surface area contributed by atoms with Gasteiger partial charge in [0, 0.05) is 31.3 Å². The van der Waals surface area contributed by atoms with Crippen molar-refractivity contribution in [2.24, 2.45) is 0 Å². The standard InChI is InChI=1S/C17H25N3O4/c1-17(2,3)24-16(23)19-11-5-6-14(21)20-13-9-7-12(8-10-13)15(22)18-4/h7-10H,5-6,11H2,1-4H3,(H,18,22)(H,19,23)(H,20,21). The van der Waals surface area contributed by atoms with Crippen LogP contribution in [-0.4, -0.2) is 37.1 Å².